The van der Waals surface area contributed by atoms with E-state index in [0.717, 1.165) is 25.2 Å². The molecule has 3 aromatic rings. The molecule has 0 unspecified atom stereocenters. The third kappa shape index (κ3) is 2.91. The summed E-state index contributed by atoms with van der Waals surface area (Å²) >= 11 is 0. The second-order valence-corrected chi connectivity index (χ2v) is 6.77. The van der Waals surface area contributed by atoms with Gasteiger partial charge in [-0.3, -0.25) is 4.90 Å². The zero-order valence-corrected chi connectivity index (χ0v) is 13.6. The third-order valence-corrected chi connectivity index (χ3v) is 5.17. The van der Waals surface area contributed by atoms with Crippen LogP contribution in [0.15, 0.2) is 65.3 Å². The van der Waals surface area contributed by atoms with Gasteiger partial charge in [-0.1, -0.05) is 49.4 Å². The lowest BCUT2D eigenvalue weighted by atomic mass is 9.80. The van der Waals surface area contributed by atoms with E-state index in [9.17, 15) is 0 Å². The maximum absolute atomic E-state index is 5.57. The molecule has 1 aromatic heterocycles. The molecule has 2 atom stereocenters. The van der Waals surface area contributed by atoms with Gasteiger partial charge in [0.25, 0.3) is 0 Å². The predicted octanol–water partition coefficient (Wildman–Crippen LogP) is 5.06. The van der Waals surface area contributed by atoms with E-state index in [1.165, 1.54) is 22.9 Å². The number of likely N-dealkylation sites (tertiary alicyclic amines) is 1. The average molecular weight is 305 g/mol. The summed E-state index contributed by atoms with van der Waals surface area (Å²) in [5.41, 5.74) is 3.89. The largest absolute Gasteiger partial charge is 0.464 e. The monoisotopic (exact) mass is 305 g/mol. The molecule has 2 aromatic carbocycles. The van der Waals surface area contributed by atoms with Gasteiger partial charge in [0.15, 0.2) is 0 Å². The molecule has 1 saturated heterocycles. The van der Waals surface area contributed by atoms with Gasteiger partial charge in [0, 0.05) is 18.5 Å². The standard InChI is InChI=1S/C21H23NO/c1-16-14-22(15-17-6-3-2-4-7-17)12-10-18(16)19-8-5-9-21-20(19)11-13-23-21/h2-9,11,13,16,18H,10,12,14-15H2,1H3/t16-,18+/m0/s1. The van der Waals surface area contributed by atoms with Gasteiger partial charge in [-0.05, 0) is 48.1 Å². The molecule has 2 heterocycles. The molecule has 0 radical (unpaired) electrons. The number of piperidine rings is 1. The van der Waals surface area contributed by atoms with Gasteiger partial charge in [0.1, 0.15) is 5.58 Å². The van der Waals surface area contributed by atoms with Crippen LogP contribution in [0.1, 0.15) is 30.4 Å². The van der Waals surface area contributed by atoms with Crippen LogP contribution in [-0.4, -0.2) is 18.0 Å². The van der Waals surface area contributed by atoms with E-state index in [0.29, 0.717) is 11.8 Å². The zero-order chi connectivity index (χ0) is 15.6. The maximum Gasteiger partial charge on any atom is 0.134 e. The maximum atomic E-state index is 5.57. The minimum Gasteiger partial charge on any atom is -0.464 e. The first kappa shape index (κ1) is 14.5. The van der Waals surface area contributed by atoms with Crippen molar-refractivity contribution in [3.63, 3.8) is 0 Å². The molecule has 4 rings (SSSR count). The first-order valence-corrected chi connectivity index (χ1v) is 8.53. The molecule has 1 fully saturated rings. The second-order valence-electron chi connectivity index (χ2n) is 6.77. The second kappa shape index (κ2) is 6.21. The van der Waals surface area contributed by atoms with Crippen LogP contribution in [-0.2, 0) is 6.54 Å². The van der Waals surface area contributed by atoms with E-state index >= 15 is 0 Å². The number of hydrogen-bond donors (Lipinski definition) is 0. The molecule has 0 bridgehead atoms. The SMILES string of the molecule is C[C@H]1CN(Cc2ccccc2)CC[C@H]1c1cccc2occc12. The zero-order valence-electron chi connectivity index (χ0n) is 13.6. The fourth-order valence-corrected chi connectivity index (χ4v) is 4.02. The minimum absolute atomic E-state index is 0.628. The van der Waals surface area contributed by atoms with Crippen LogP contribution < -0.4 is 0 Å². The van der Waals surface area contributed by atoms with Crippen LogP contribution in [0, 0.1) is 5.92 Å². The summed E-state index contributed by atoms with van der Waals surface area (Å²) in [6.45, 7) is 5.78. The third-order valence-electron chi connectivity index (χ3n) is 5.17. The van der Waals surface area contributed by atoms with Gasteiger partial charge in [-0.15, -0.1) is 0 Å². The van der Waals surface area contributed by atoms with Crippen molar-refractivity contribution in [2.75, 3.05) is 13.1 Å². The molecule has 1 aliphatic heterocycles. The van der Waals surface area contributed by atoms with Crippen molar-refractivity contribution < 1.29 is 4.42 Å². The van der Waals surface area contributed by atoms with E-state index in [4.69, 9.17) is 4.42 Å². The van der Waals surface area contributed by atoms with Crippen LogP contribution in [0.3, 0.4) is 0 Å². The number of benzene rings is 2. The molecular weight excluding hydrogens is 282 g/mol. The number of hydrogen-bond acceptors (Lipinski definition) is 2. The van der Waals surface area contributed by atoms with Gasteiger partial charge in [0.05, 0.1) is 6.26 Å². The lowest BCUT2D eigenvalue weighted by Crippen LogP contribution is -2.37. The molecule has 0 aliphatic carbocycles. The van der Waals surface area contributed by atoms with Crippen molar-refractivity contribution in [2.24, 2.45) is 5.92 Å². The van der Waals surface area contributed by atoms with Crippen LogP contribution in [0.5, 0.6) is 0 Å². The van der Waals surface area contributed by atoms with Crippen molar-refractivity contribution in [2.45, 2.75) is 25.8 Å². The Kier molecular flexibility index (Phi) is 3.92. The van der Waals surface area contributed by atoms with Crippen molar-refractivity contribution >= 4 is 11.0 Å². The fraction of sp³-hybridized carbons (Fsp3) is 0.333. The average Bonchev–Trinajstić information content (AvgIpc) is 3.05. The highest BCUT2D eigenvalue weighted by molar-refractivity contribution is 5.81. The van der Waals surface area contributed by atoms with E-state index in [-0.39, 0.29) is 0 Å². The van der Waals surface area contributed by atoms with Crippen LogP contribution >= 0.6 is 0 Å². The predicted molar refractivity (Wildman–Crippen MR) is 94.5 cm³/mol. The Morgan fingerprint density at radius 3 is 2.74 bits per heavy atom. The topological polar surface area (TPSA) is 16.4 Å². The summed E-state index contributed by atoms with van der Waals surface area (Å²) in [6, 6.07) is 19.4. The van der Waals surface area contributed by atoms with E-state index in [2.05, 4.69) is 66.4 Å². The number of fused-ring (bicyclic) bond motifs is 1. The Morgan fingerprint density at radius 1 is 1.04 bits per heavy atom. The highest BCUT2D eigenvalue weighted by Gasteiger charge is 2.28. The van der Waals surface area contributed by atoms with Crippen molar-refractivity contribution in [1.82, 2.24) is 4.90 Å². The number of furan rings is 1. The van der Waals surface area contributed by atoms with Crippen LogP contribution in [0.2, 0.25) is 0 Å². The summed E-state index contributed by atoms with van der Waals surface area (Å²) in [5.74, 6) is 1.29. The first-order chi connectivity index (χ1) is 11.3. The smallest absolute Gasteiger partial charge is 0.134 e. The Balaban J connectivity index is 1.50. The lowest BCUT2D eigenvalue weighted by Gasteiger charge is -2.37. The van der Waals surface area contributed by atoms with Gasteiger partial charge >= 0.3 is 0 Å². The molecule has 0 amide bonds. The Hall–Kier alpha value is -2.06. The number of rotatable bonds is 3. The number of nitrogens with zero attached hydrogens (tertiary/aromatic N) is 1. The van der Waals surface area contributed by atoms with E-state index in [1.54, 1.807) is 0 Å². The minimum atomic E-state index is 0.628. The molecule has 0 saturated carbocycles. The van der Waals surface area contributed by atoms with Gasteiger partial charge < -0.3 is 4.42 Å². The summed E-state index contributed by atoms with van der Waals surface area (Å²) in [7, 11) is 0. The normalized spacial score (nSPS) is 22.5. The molecule has 1 aliphatic rings. The van der Waals surface area contributed by atoms with Gasteiger partial charge in [0.2, 0.25) is 0 Å². The molecule has 0 spiro atoms. The van der Waals surface area contributed by atoms with Gasteiger partial charge in [-0.2, -0.15) is 0 Å². The van der Waals surface area contributed by atoms with E-state index < -0.39 is 0 Å². The van der Waals surface area contributed by atoms with Crippen molar-refractivity contribution in [1.29, 1.82) is 0 Å². The van der Waals surface area contributed by atoms with Gasteiger partial charge in [-0.25, -0.2) is 0 Å². The molecule has 2 nitrogen and oxygen atoms in total. The highest BCUT2D eigenvalue weighted by Crippen LogP contribution is 2.37. The summed E-state index contributed by atoms with van der Waals surface area (Å²) in [6.07, 6.45) is 3.03. The van der Waals surface area contributed by atoms with Crippen molar-refractivity contribution in [3.05, 3.63) is 72.0 Å². The quantitative estimate of drug-likeness (QED) is 0.672. The van der Waals surface area contributed by atoms with Crippen LogP contribution in [0.25, 0.3) is 11.0 Å². The Morgan fingerprint density at radius 2 is 1.91 bits per heavy atom. The first-order valence-electron chi connectivity index (χ1n) is 8.53. The fourth-order valence-electron chi connectivity index (χ4n) is 4.02. The van der Waals surface area contributed by atoms with Crippen LogP contribution in [0.4, 0.5) is 0 Å². The van der Waals surface area contributed by atoms with Crippen molar-refractivity contribution in [3.8, 4) is 0 Å². The Labute approximate surface area is 137 Å². The highest BCUT2D eigenvalue weighted by atomic mass is 16.3. The lowest BCUT2D eigenvalue weighted by molar-refractivity contribution is 0.156. The molecule has 2 heteroatoms. The molecule has 23 heavy (non-hydrogen) atoms. The molecule has 118 valence electrons. The van der Waals surface area contributed by atoms with E-state index in [1.807, 2.05) is 6.26 Å². The summed E-state index contributed by atoms with van der Waals surface area (Å²) in [5, 5.41) is 1.29. The molecule has 0 N–H and O–H groups in total. The Bertz CT molecular complexity index is 777. The summed E-state index contributed by atoms with van der Waals surface area (Å²) < 4.78 is 5.57. The molecular formula is C21H23NO. The summed E-state index contributed by atoms with van der Waals surface area (Å²) in [4.78, 5) is 2.59.